The molecule has 0 spiro atoms. The molecular formula is C26H38O2. The highest BCUT2D eigenvalue weighted by molar-refractivity contribution is 5.81. The van der Waals surface area contributed by atoms with Gasteiger partial charge in [0.25, 0.3) is 0 Å². The smallest absolute Gasteiger partial charge is 0.330 e. The number of ether oxygens (including phenoxy) is 1. The van der Waals surface area contributed by atoms with Gasteiger partial charge in [-0.1, -0.05) is 57.1 Å². The molecule has 4 aliphatic carbocycles. The van der Waals surface area contributed by atoms with Gasteiger partial charge in [0.2, 0.25) is 0 Å². The van der Waals surface area contributed by atoms with Crippen molar-refractivity contribution < 1.29 is 9.53 Å². The monoisotopic (exact) mass is 382 g/mol. The highest BCUT2D eigenvalue weighted by atomic mass is 16.5. The Kier molecular flexibility index (Phi) is 5.13. The summed E-state index contributed by atoms with van der Waals surface area (Å²) >= 11 is 0. The van der Waals surface area contributed by atoms with Crippen LogP contribution in [0.25, 0.3) is 0 Å². The molecule has 0 heterocycles. The summed E-state index contributed by atoms with van der Waals surface area (Å²) in [6.07, 6.45) is 18.1. The fourth-order valence-electron chi connectivity index (χ4n) is 7.54. The fraction of sp³-hybridized carbons (Fsp3) is 0.731. The van der Waals surface area contributed by atoms with Crippen LogP contribution in [0.5, 0.6) is 0 Å². The molecule has 0 aromatic heterocycles. The minimum absolute atomic E-state index is 0.250. The molecule has 0 aromatic carbocycles. The first-order valence-corrected chi connectivity index (χ1v) is 11.5. The highest BCUT2D eigenvalue weighted by Gasteiger charge is 2.56. The van der Waals surface area contributed by atoms with E-state index in [1.165, 1.54) is 52.1 Å². The molecule has 2 heteroatoms. The second kappa shape index (κ2) is 7.18. The van der Waals surface area contributed by atoms with Crippen molar-refractivity contribution in [1.82, 2.24) is 0 Å². The van der Waals surface area contributed by atoms with Crippen LogP contribution in [0.4, 0.5) is 0 Å². The summed E-state index contributed by atoms with van der Waals surface area (Å²) in [6, 6.07) is 0. The Labute approximate surface area is 171 Å². The van der Waals surface area contributed by atoms with E-state index in [0.29, 0.717) is 16.7 Å². The quantitative estimate of drug-likeness (QED) is 0.317. The molecule has 7 atom stereocenters. The van der Waals surface area contributed by atoms with E-state index in [4.69, 9.17) is 4.74 Å². The van der Waals surface area contributed by atoms with Crippen molar-refractivity contribution in [2.45, 2.75) is 72.6 Å². The second-order valence-corrected chi connectivity index (χ2v) is 10.6. The molecule has 28 heavy (non-hydrogen) atoms. The summed E-state index contributed by atoms with van der Waals surface area (Å²) in [6.45, 7) is 9.78. The van der Waals surface area contributed by atoms with Gasteiger partial charge in [-0.15, -0.1) is 0 Å². The van der Waals surface area contributed by atoms with Crippen molar-refractivity contribution in [3.8, 4) is 0 Å². The molecule has 7 unspecified atom stereocenters. The molecule has 0 aromatic rings. The summed E-state index contributed by atoms with van der Waals surface area (Å²) in [5, 5.41) is 0. The van der Waals surface area contributed by atoms with Crippen molar-refractivity contribution >= 4 is 5.97 Å². The largest absolute Gasteiger partial charge is 0.466 e. The van der Waals surface area contributed by atoms with E-state index >= 15 is 0 Å². The van der Waals surface area contributed by atoms with E-state index in [1.807, 2.05) is 6.08 Å². The third-order valence-electron chi connectivity index (χ3n) is 9.20. The summed E-state index contributed by atoms with van der Waals surface area (Å²) in [5.41, 5.74) is 4.10. The Morgan fingerprint density at radius 3 is 2.64 bits per heavy atom. The first kappa shape index (κ1) is 20.0. The molecule has 4 aliphatic rings. The Morgan fingerprint density at radius 2 is 1.89 bits per heavy atom. The molecule has 154 valence electrons. The number of carbonyl (C=O) groups excluding carboxylic acids is 1. The van der Waals surface area contributed by atoms with Gasteiger partial charge < -0.3 is 4.74 Å². The van der Waals surface area contributed by atoms with Crippen LogP contribution in [0.2, 0.25) is 0 Å². The molecule has 4 rings (SSSR count). The summed E-state index contributed by atoms with van der Waals surface area (Å²) in [4.78, 5) is 11.5. The average Bonchev–Trinajstić information content (AvgIpc) is 3.03. The molecule has 0 bridgehead atoms. The van der Waals surface area contributed by atoms with Crippen LogP contribution in [0, 0.1) is 40.4 Å². The SMILES string of the molecule is COC(=O)C=CC(C)C1=CCC2C3CC=C4CC(C)CCC4(C)C3CCC12C. The number of rotatable bonds is 3. The van der Waals surface area contributed by atoms with Crippen molar-refractivity contribution in [2.75, 3.05) is 7.11 Å². The van der Waals surface area contributed by atoms with E-state index in [0.717, 1.165) is 23.7 Å². The zero-order chi connectivity index (χ0) is 20.1. The summed E-state index contributed by atoms with van der Waals surface area (Å²) in [7, 11) is 1.45. The van der Waals surface area contributed by atoms with Crippen LogP contribution < -0.4 is 0 Å². The lowest BCUT2D eigenvalue weighted by Crippen LogP contribution is -2.49. The average molecular weight is 383 g/mol. The van der Waals surface area contributed by atoms with Gasteiger partial charge in [-0.25, -0.2) is 4.79 Å². The fourth-order valence-corrected chi connectivity index (χ4v) is 7.54. The molecule has 0 saturated heterocycles. The minimum Gasteiger partial charge on any atom is -0.466 e. The lowest BCUT2D eigenvalue weighted by atomic mass is 9.46. The lowest BCUT2D eigenvalue weighted by molar-refractivity contribution is -0.134. The van der Waals surface area contributed by atoms with Gasteiger partial charge in [-0.2, -0.15) is 0 Å². The molecule has 0 amide bonds. The van der Waals surface area contributed by atoms with Crippen LogP contribution in [-0.2, 0) is 9.53 Å². The Morgan fingerprint density at radius 1 is 1.14 bits per heavy atom. The number of allylic oxidation sites excluding steroid dienone is 5. The molecule has 2 fully saturated rings. The van der Waals surface area contributed by atoms with Crippen molar-refractivity contribution in [2.24, 2.45) is 40.4 Å². The molecule has 0 N–H and O–H groups in total. The third kappa shape index (κ3) is 3.02. The summed E-state index contributed by atoms with van der Waals surface area (Å²) < 4.78 is 4.78. The van der Waals surface area contributed by atoms with Gasteiger partial charge in [-0.05, 0) is 85.4 Å². The topological polar surface area (TPSA) is 26.3 Å². The van der Waals surface area contributed by atoms with Crippen molar-refractivity contribution in [1.29, 1.82) is 0 Å². The first-order chi connectivity index (χ1) is 13.3. The molecule has 2 nitrogen and oxygen atoms in total. The van der Waals surface area contributed by atoms with Crippen molar-refractivity contribution in [3.63, 3.8) is 0 Å². The van der Waals surface area contributed by atoms with Gasteiger partial charge in [0.1, 0.15) is 0 Å². The van der Waals surface area contributed by atoms with E-state index < -0.39 is 0 Å². The number of fused-ring (bicyclic) bond motifs is 5. The van der Waals surface area contributed by atoms with Crippen LogP contribution in [-0.4, -0.2) is 13.1 Å². The Bertz CT molecular complexity index is 729. The number of carbonyl (C=O) groups is 1. The molecule has 2 saturated carbocycles. The minimum atomic E-state index is -0.250. The van der Waals surface area contributed by atoms with Gasteiger partial charge in [0.15, 0.2) is 0 Å². The highest BCUT2D eigenvalue weighted by Crippen LogP contribution is 2.66. The third-order valence-corrected chi connectivity index (χ3v) is 9.20. The standard InChI is InChI=1S/C26H38O2/c1-17-12-14-25(3)19(16-17)7-8-20-22-10-9-21(18(2)6-11-24(27)28-5)26(22,4)15-13-23(20)25/h6-7,9,11,17-18,20,22-23H,8,10,12-16H2,1-5H3. The van der Waals surface area contributed by atoms with Crippen LogP contribution in [0.1, 0.15) is 72.6 Å². The number of esters is 1. The predicted molar refractivity (Wildman–Crippen MR) is 115 cm³/mol. The predicted octanol–water partition coefficient (Wildman–Crippen LogP) is 6.49. The number of hydrogen-bond acceptors (Lipinski definition) is 2. The van der Waals surface area contributed by atoms with Crippen molar-refractivity contribution in [3.05, 3.63) is 35.5 Å². The maximum Gasteiger partial charge on any atom is 0.330 e. The van der Waals surface area contributed by atoms with Gasteiger partial charge in [0, 0.05) is 6.08 Å². The lowest BCUT2D eigenvalue weighted by Gasteiger charge is -2.58. The molecule has 0 radical (unpaired) electrons. The molecule has 0 aliphatic heterocycles. The Balaban J connectivity index is 1.56. The van der Waals surface area contributed by atoms with Crippen LogP contribution in [0.3, 0.4) is 0 Å². The van der Waals surface area contributed by atoms with Crippen LogP contribution in [0.15, 0.2) is 35.5 Å². The van der Waals surface area contributed by atoms with Gasteiger partial charge >= 0.3 is 5.97 Å². The molecular weight excluding hydrogens is 344 g/mol. The number of hydrogen-bond donors (Lipinski definition) is 0. The first-order valence-electron chi connectivity index (χ1n) is 11.5. The van der Waals surface area contributed by atoms with E-state index in [2.05, 4.69) is 39.8 Å². The Hall–Kier alpha value is -1.31. The van der Waals surface area contributed by atoms with Crippen LogP contribution >= 0.6 is 0 Å². The maximum atomic E-state index is 11.5. The second-order valence-electron chi connectivity index (χ2n) is 10.6. The van der Waals surface area contributed by atoms with E-state index in [1.54, 1.807) is 17.2 Å². The number of methoxy groups -OCH3 is 1. The van der Waals surface area contributed by atoms with E-state index in [-0.39, 0.29) is 5.97 Å². The zero-order valence-corrected chi connectivity index (χ0v) is 18.5. The zero-order valence-electron chi connectivity index (χ0n) is 18.5. The van der Waals surface area contributed by atoms with E-state index in [9.17, 15) is 4.79 Å². The summed E-state index contributed by atoms with van der Waals surface area (Å²) in [5.74, 6) is 3.39. The van der Waals surface area contributed by atoms with Gasteiger partial charge in [-0.3, -0.25) is 0 Å². The normalized spacial score (nSPS) is 43.5. The van der Waals surface area contributed by atoms with Gasteiger partial charge in [0.05, 0.1) is 7.11 Å². The maximum absolute atomic E-state index is 11.5.